The molecule has 3 N–H and O–H groups in total. The lowest BCUT2D eigenvalue weighted by Gasteiger charge is -2.09. The van der Waals surface area contributed by atoms with E-state index >= 15 is 0 Å². The van der Waals surface area contributed by atoms with Gasteiger partial charge in [0.15, 0.2) is 5.16 Å². The topological polar surface area (TPSA) is 93.5 Å². The van der Waals surface area contributed by atoms with Gasteiger partial charge in [-0.25, -0.2) is 4.98 Å². The van der Waals surface area contributed by atoms with Crippen molar-refractivity contribution in [3.05, 3.63) is 29.2 Å². The van der Waals surface area contributed by atoms with Crippen LogP contribution in [0, 0.1) is 5.41 Å². The summed E-state index contributed by atoms with van der Waals surface area (Å²) < 4.78 is 1.82. The largest absolute Gasteiger partial charge is 0.384 e. The molecule has 7 heteroatoms. The average Bonchev–Trinajstić information content (AvgIpc) is 2.97. The fourth-order valence-electron chi connectivity index (χ4n) is 2.18. The summed E-state index contributed by atoms with van der Waals surface area (Å²) in [6, 6.07) is 2.00. The minimum absolute atomic E-state index is 0.0480. The second-order valence-corrected chi connectivity index (χ2v) is 5.50. The van der Waals surface area contributed by atoms with Crippen molar-refractivity contribution >= 4 is 17.6 Å². The van der Waals surface area contributed by atoms with Gasteiger partial charge in [0.1, 0.15) is 17.2 Å². The van der Waals surface area contributed by atoms with Crippen molar-refractivity contribution in [1.82, 2.24) is 19.7 Å². The molecule has 0 aliphatic heterocycles. The summed E-state index contributed by atoms with van der Waals surface area (Å²) in [6.07, 6.45) is 4.79. The van der Waals surface area contributed by atoms with Crippen LogP contribution in [0.15, 0.2) is 22.6 Å². The van der Waals surface area contributed by atoms with Gasteiger partial charge < -0.3 is 10.3 Å². The van der Waals surface area contributed by atoms with Crippen LogP contribution in [0.5, 0.6) is 0 Å². The van der Waals surface area contributed by atoms with Crippen LogP contribution in [0.1, 0.15) is 23.2 Å². The number of fused-ring (bicyclic) bond motifs is 1. The van der Waals surface area contributed by atoms with Crippen LogP contribution in [0.2, 0.25) is 0 Å². The number of nitrogen functional groups attached to an aromatic ring is 1. The summed E-state index contributed by atoms with van der Waals surface area (Å²) in [5.74, 6) is 0.0480. The maximum atomic E-state index is 7.70. The minimum atomic E-state index is 0.0480. The highest BCUT2D eigenvalue weighted by atomic mass is 32.2. The van der Waals surface area contributed by atoms with E-state index < -0.39 is 0 Å². The van der Waals surface area contributed by atoms with Crippen molar-refractivity contribution < 1.29 is 0 Å². The number of rotatable bonds is 3. The van der Waals surface area contributed by atoms with Crippen LogP contribution in [0.25, 0.3) is 0 Å². The Morgan fingerprint density at radius 3 is 3.00 bits per heavy atom. The highest BCUT2D eigenvalue weighted by Crippen LogP contribution is 2.31. The molecule has 0 spiro atoms. The average molecular weight is 274 g/mol. The van der Waals surface area contributed by atoms with E-state index in [0.29, 0.717) is 5.56 Å². The normalized spacial score (nSPS) is 13.5. The zero-order chi connectivity index (χ0) is 13.4. The number of hydrogen-bond acceptors (Lipinski definition) is 5. The third-order valence-electron chi connectivity index (χ3n) is 3.16. The van der Waals surface area contributed by atoms with Crippen LogP contribution in [0.4, 0.5) is 0 Å². The van der Waals surface area contributed by atoms with Crippen molar-refractivity contribution in [2.75, 3.05) is 0 Å². The smallest absolute Gasteiger partial charge is 0.197 e. The molecule has 0 amide bonds. The molecule has 0 radical (unpaired) electrons. The van der Waals surface area contributed by atoms with E-state index in [-0.39, 0.29) is 5.84 Å². The summed E-state index contributed by atoms with van der Waals surface area (Å²) in [6.45, 7) is 0. The van der Waals surface area contributed by atoms with E-state index in [4.69, 9.17) is 11.1 Å². The van der Waals surface area contributed by atoms with Gasteiger partial charge in [-0.15, -0.1) is 10.2 Å². The maximum absolute atomic E-state index is 7.70. The summed E-state index contributed by atoms with van der Waals surface area (Å²) in [7, 11) is 1.88. The summed E-state index contributed by atoms with van der Waals surface area (Å²) >= 11 is 1.40. The van der Waals surface area contributed by atoms with E-state index in [0.717, 1.165) is 35.1 Å². The Balaban J connectivity index is 2.04. The van der Waals surface area contributed by atoms with Gasteiger partial charge in [-0.3, -0.25) is 5.41 Å². The Bertz CT molecular complexity index is 648. The summed E-state index contributed by atoms with van der Waals surface area (Å²) in [4.78, 5) is 4.65. The first-order valence-corrected chi connectivity index (χ1v) is 6.86. The second kappa shape index (κ2) is 4.65. The Morgan fingerprint density at radius 2 is 2.32 bits per heavy atom. The molecule has 98 valence electrons. The van der Waals surface area contributed by atoms with Gasteiger partial charge in [0.05, 0.1) is 0 Å². The first-order chi connectivity index (χ1) is 9.15. The Morgan fingerprint density at radius 1 is 1.47 bits per heavy atom. The molecule has 6 nitrogen and oxygen atoms in total. The first kappa shape index (κ1) is 12.2. The molecule has 2 aromatic heterocycles. The van der Waals surface area contributed by atoms with Gasteiger partial charge in [0.2, 0.25) is 0 Å². The molecular weight excluding hydrogens is 260 g/mol. The van der Waals surface area contributed by atoms with Gasteiger partial charge in [0.25, 0.3) is 0 Å². The van der Waals surface area contributed by atoms with Crippen molar-refractivity contribution in [3.8, 4) is 0 Å². The number of nitrogens with two attached hydrogens (primary N) is 1. The predicted octanol–water partition coefficient (Wildman–Crippen LogP) is 1.13. The van der Waals surface area contributed by atoms with Gasteiger partial charge in [-0.2, -0.15) is 0 Å². The number of nitrogens with zero attached hydrogens (tertiary/aromatic N) is 4. The van der Waals surface area contributed by atoms with Gasteiger partial charge in [-0.05, 0) is 42.7 Å². The molecular formula is C12H14N6S. The monoisotopic (exact) mass is 274 g/mol. The number of aromatic nitrogens is 4. The highest BCUT2D eigenvalue weighted by Gasteiger charge is 2.19. The molecule has 1 aliphatic carbocycles. The summed E-state index contributed by atoms with van der Waals surface area (Å²) in [5, 5.41) is 17.1. The fraction of sp³-hybridized carbons (Fsp3) is 0.333. The number of hydrogen-bond donors (Lipinski definition) is 2. The lowest BCUT2D eigenvalue weighted by atomic mass is 10.1. The molecule has 3 rings (SSSR count). The second-order valence-electron chi connectivity index (χ2n) is 4.54. The molecule has 2 aromatic rings. The van der Waals surface area contributed by atoms with Crippen LogP contribution in [-0.2, 0) is 19.9 Å². The standard InChI is InChI=1S/C12H14N6S/c1-18-6-15-17-12(18)19-11-8(10(13)14)5-7-3-2-4-9(7)16-11/h5-6H,2-4H2,1H3,(H3,13,14). The Hall–Kier alpha value is -1.89. The van der Waals surface area contributed by atoms with Crippen molar-refractivity contribution in [2.24, 2.45) is 12.8 Å². The molecule has 0 atom stereocenters. The van der Waals surface area contributed by atoms with Gasteiger partial charge in [-0.1, -0.05) is 0 Å². The quantitative estimate of drug-likeness (QED) is 0.646. The lowest BCUT2D eigenvalue weighted by molar-refractivity contribution is 0.786. The van der Waals surface area contributed by atoms with Crippen molar-refractivity contribution in [2.45, 2.75) is 29.4 Å². The zero-order valence-corrected chi connectivity index (χ0v) is 11.4. The van der Waals surface area contributed by atoms with Gasteiger partial charge >= 0.3 is 0 Å². The highest BCUT2D eigenvalue weighted by molar-refractivity contribution is 7.99. The van der Waals surface area contributed by atoms with E-state index in [2.05, 4.69) is 15.2 Å². The predicted molar refractivity (Wildman–Crippen MR) is 72.4 cm³/mol. The molecule has 0 unspecified atom stereocenters. The van der Waals surface area contributed by atoms with Crippen molar-refractivity contribution in [1.29, 1.82) is 5.41 Å². The van der Waals surface area contributed by atoms with Crippen LogP contribution in [0.3, 0.4) is 0 Å². The summed E-state index contributed by atoms with van der Waals surface area (Å²) in [5.41, 5.74) is 8.69. The molecule has 0 aromatic carbocycles. The third-order valence-corrected chi connectivity index (χ3v) is 4.22. The molecule has 0 bridgehead atoms. The zero-order valence-electron chi connectivity index (χ0n) is 10.6. The fourth-order valence-corrected chi connectivity index (χ4v) is 3.06. The molecule has 19 heavy (non-hydrogen) atoms. The van der Waals surface area contributed by atoms with Crippen molar-refractivity contribution in [3.63, 3.8) is 0 Å². The lowest BCUT2D eigenvalue weighted by Crippen LogP contribution is -2.14. The number of pyridine rings is 1. The van der Waals surface area contributed by atoms with E-state index in [9.17, 15) is 0 Å². The first-order valence-electron chi connectivity index (χ1n) is 6.04. The van der Waals surface area contributed by atoms with E-state index in [1.54, 1.807) is 6.33 Å². The van der Waals surface area contributed by atoms with Crippen LogP contribution < -0.4 is 5.73 Å². The molecule has 0 saturated heterocycles. The maximum Gasteiger partial charge on any atom is 0.197 e. The van der Waals surface area contributed by atoms with E-state index in [1.165, 1.54) is 17.3 Å². The third kappa shape index (κ3) is 2.21. The molecule has 1 aliphatic rings. The Labute approximate surface area is 115 Å². The van der Waals surface area contributed by atoms with E-state index in [1.807, 2.05) is 17.7 Å². The molecule has 2 heterocycles. The number of aryl methyl sites for hydroxylation is 3. The van der Waals surface area contributed by atoms with Crippen LogP contribution >= 0.6 is 11.8 Å². The van der Waals surface area contributed by atoms with Gasteiger partial charge in [0, 0.05) is 18.3 Å². The SMILES string of the molecule is Cn1cnnc1Sc1nc2c(cc1C(=N)N)CCC2. The molecule has 0 fully saturated rings. The Kier molecular flexibility index (Phi) is 2.98. The number of amidine groups is 1. The van der Waals surface area contributed by atoms with Crippen LogP contribution in [-0.4, -0.2) is 25.6 Å². The minimum Gasteiger partial charge on any atom is -0.384 e. The molecule has 0 saturated carbocycles. The number of nitrogens with one attached hydrogen (secondary N) is 1.